The van der Waals surface area contributed by atoms with Crippen LogP contribution in [0.4, 0.5) is 11.4 Å². The standard InChI is InChI=1S/C14H20N2O3/c1-18-11-2-3-12(15)13(9-11)16-14(17)8-10-4-6-19-7-5-10/h2-3,9-10H,4-8,15H2,1H3,(H,16,17). The van der Waals surface area contributed by atoms with Crippen molar-refractivity contribution in [2.45, 2.75) is 19.3 Å². The third-order valence-electron chi connectivity index (χ3n) is 3.35. The van der Waals surface area contributed by atoms with Gasteiger partial charge in [0.2, 0.25) is 5.91 Å². The molecule has 5 nitrogen and oxygen atoms in total. The Balaban J connectivity index is 1.94. The molecule has 1 fully saturated rings. The van der Waals surface area contributed by atoms with Gasteiger partial charge in [0, 0.05) is 25.7 Å². The van der Waals surface area contributed by atoms with Gasteiger partial charge in [0.25, 0.3) is 0 Å². The van der Waals surface area contributed by atoms with Gasteiger partial charge in [-0.1, -0.05) is 0 Å². The van der Waals surface area contributed by atoms with Crippen LogP contribution in [0.5, 0.6) is 5.75 Å². The van der Waals surface area contributed by atoms with Crippen molar-refractivity contribution >= 4 is 17.3 Å². The van der Waals surface area contributed by atoms with E-state index in [1.807, 2.05) is 0 Å². The van der Waals surface area contributed by atoms with Gasteiger partial charge < -0.3 is 20.5 Å². The van der Waals surface area contributed by atoms with Gasteiger partial charge in [-0.15, -0.1) is 0 Å². The van der Waals surface area contributed by atoms with E-state index in [0.29, 0.717) is 29.5 Å². The lowest BCUT2D eigenvalue weighted by atomic mass is 9.96. The first-order valence-corrected chi connectivity index (χ1v) is 6.50. The summed E-state index contributed by atoms with van der Waals surface area (Å²) in [5.41, 5.74) is 6.99. The van der Waals surface area contributed by atoms with Crippen molar-refractivity contribution in [3.8, 4) is 5.75 Å². The van der Waals surface area contributed by atoms with Gasteiger partial charge in [-0.05, 0) is 30.9 Å². The largest absolute Gasteiger partial charge is 0.497 e. The molecule has 0 radical (unpaired) electrons. The van der Waals surface area contributed by atoms with Gasteiger partial charge in [0.1, 0.15) is 5.75 Å². The van der Waals surface area contributed by atoms with Crippen molar-refractivity contribution in [3.05, 3.63) is 18.2 Å². The highest BCUT2D eigenvalue weighted by atomic mass is 16.5. The summed E-state index contributed by atoms with van der Waals surface area (Å²) in [4.78, 5) is 12.0. The Hall–Kier alpha value is -1.75. The molecule has 1 aliphatic heterocycles. The smallest absolute Gasteiger partial charge is 0.224 e. The zero-order valence-corrected chi connectivity index (χ0v) is 11.1. The summed E-state index contributed by atoms with van der Waals surface area (Å²) in [5.74, 6) is 1.07. The highest BCUT2D eigenvalue weighted by Gasteiger charge is 2.18. The number of hydrogen-bond acceptors (Lipinski definition) is 4. The number of nitrogens with one attached hydrogen (secondary N) is 1. The molecule has 2 rings (SSSR count). The molecule has 5 heteroatoms. The minimum Gasteiger partial charge on any atom is -0.497 e. The molecular weight excluding hydrogens is 244 g/mol. The zero-order chi connectivity index (χ0) is 13.7. The fourth-order valence-corrected chi connectivity index (χ4v) is 2.18. The van der Waals surface area contributed by atoms with E-state index in [2.05, 4.69) is 5.32 Å². The van der Waals surface area contributed by atoms with E-state index in [1.165, 1.54) is 0 Å². The lowest BCUT2D eigenvalue weighted by molar-refractivity contribution is -0.117. The number of anilines is 2. The van der Waals surface area contributed by atoms with Crippen molar-refractivity contribution in [3.63, 3.8) is 0 Å². The molecule has 3 N–H and O–H groups in total. The summed E-state index contributed by atoms with van der Waals surface area (Å²) in [6.07, 6.45) is 2.40. The Kier molecular flexibility index (Phi) is 4.63. The predicted octanol–water partition coefficient (Wildman–Crippen LogP) is 2.03. The van der Waals surface area contributed by atoms with Gasteiger partial charge in [0.15, 0.2) is 0 Å². The molecular formula is C14H20N2O3. The second-order valence-corrected chi connectivity index (χ2v) is 4.76. The Labute approximate surface area is 113 Å². The first-order valence-electron chi connectivity index (χ1n) is 6.50. The number of benzene rings is 1. The monoisotopic (exact) mass is 264 g/mol. The van der Waals surface area contributed by atoms with E-state index in [0.717, 1.165) is 26.1 Å². The summed E-state index contributed by atoms with van der Waals surface area (Å²) >= 11 is 0. The quantitative estimate of drug-likeness (QED) is 0.816. The molecule has 1 saturated heterocycles. The number of methoxy groups -OCH3 is 1. The molecule has 1 aromatic carbocycles. The number of hydrogen-bond donors (Lipinski definition) is 2. The molecule has 0 aliphatic carbocycles. The van der Waals surface area contributed by atoms with Gasteiger partial charge in [-0.3, -0.25) is 4.79 Å². The lowest BCUT2D eigenvalue weighted by Crippen LogP contribution is -2.22. The predicted molar refractivity (Wildman–Crippen MR) is 74.2 cm³/mol. The fourth-order valence-electron chi connectivity index (χ4n) is 2.18. The topological polar surface area (TPSA) is 73.6 Å². The van der Waals surface area contributed by atoms with E-state index < -0.39 is 0 Å². The number of amides is 1. The molecule has 0 aromatic heterocycles. The minimum atomic E-state index is -0.00754. The minimum absolute atomic E-state index is 0.00754. The number of carbonyl (C=O) groups is 1. The number of nitrogens with two attached hydrogens (primary N) is 1. The maximum atomic E-state index is 12.0. The SMILES string of the molecule is COc1ccc(N)c(NC(=O)CC2CCOCC2)c1. The Morgan fingerprint density at radius 3 is 2.89 bits per heavy atom. The van der Waals surface area contributed by atoms with Gasteiger partial charge in [-0.2, -0.15) is 0 Å². The van der Waals surface area contributed by atoms with E-state index in [-0.39, 0.29) is 5.91 Å². The Morgan fingerprint density at radius 1 is 1.47 bits per heavy atom. The molecule has 19 heavy (non-hydrogen) atoms. The van der Waals surface area contributed by atoms with Crippen molar-refractivity contribution in [2.75, 3.05) is 31.4 Å². The van der Waals surface area contributed by atoms with Gasteiger partial charge in [0.05, 0.1) is 18.5 Å². The van der Waals surface area contributed by atoms with E-state index in [9.17, 15) is 4.79 Å². The molecule has 1 amide bonds. The maximum Gasteiger partial charge on any atom is 0.224 e. The van der Waals surface area contributed by atoms with Crippen LogP contribution in [0.2, 0.25) is 0 Å². The average molecular weight is 264 g/mol. The van der Waals surface area contributed by atoms with Gasteiger partial charge >= 0.3 is 0 Å². The number of rotatable bonds is 4. The molecule has 0 unspecified atom stereocenters. The van der Waals surface area contributed by atoms with Crippen LogP contribution >= 0.6 is 0 Å². The van der Waals surface area contributed by atoms with E-state index >= 15 is 0 Å². The second-order valence-electron chi connectivity index (χ2n) is 4.76. The van der Waals surface area contributed by atoms with Crippen LogP contribution in [-0.2, 0) is 9.53 Å². The molecule has 1 aromatic rings. The number of nitrogen functional groups attached to an aromatic ring is 1. The van der Waals surface area contributed by atoms with Crippen LogP contribution in [0.3, 0.4) is 0 Å². The second kappa shape index (κ2) is 6.43. The van der Waals surface area contributed by atoms with Crippen molar-refractivity contribution < 1.29 is 14.3 Å². The first kappa shape index (κ1) is 13.7. The van der Waals surface area contributed by atoms with Crippen LogP contribution in [0.1, 0.15) is 19.3 Å². The molecule has 1 aliphatic rings. The summed E-state index contributed by atoms with van der Waals surface area (Å²) in [6.45, 7) is 1.50. The molecule has 1 heterocycles. The third kappa shape index (κ3) is 3.86. The summed E-state index contributed by atoms with van der Waals surface area (Å²) in [7, 11) is 1.58. The molecule has 104 valence electrons. The van der Waals surface area contributed by atoms with Crippen molar-refractivity contribution in [1.82, 2.24) is 0 Å². The van der Waals surface area contributed by atoms with Crippen LogP contribution in [0.15, 0.2) is 18.2 Å². The summed E-state index contributed by atoms with van der Waals surface area (Å²) in [6, 6.07) is 5.23. The molecule has 0 bridgehead atoms. The first-order chi connectivity index (χ1) is 9.19. The van der Waals surface area contributed by atoms with Crippen molar-refractivity contribution in [1.29, 1.82) is 0 Å². The van der Waals surface area contributed by atoms with Crippen LogP contribution in [0.25, 0.3) is 0 Å². The third-order valence-corrected chi connectivity index (χ3v) is 3.35. The number of ether oxygens (including phenoxy) is 2. The van der Waals surface area contributed by atoms with E-state index in [1.54, 1.807) is 25.3 Å². The highest BCUT2D eigenvalue weighted by molar-refractivity contribution is 5.94. The maximum absolute atomic E-state index is 12.0. The summed E-state index contributed by atoms with van der Waals surface area (Å²) < 4.78 is 10.4. The van der Waals surface area contributed by atoms with Crippen LogP contribution < -0.4 is 15.8 Å². The Bertz CT molecular complexity index is 442. The highest BCUT2D eigenvalue weighted by Crippen LogP contribution is 2.25. The molecule has 0 atom stereocenters. The lowest BCUT2D eigenvalue weighted by Gasteiger charge is -2.21. The fraction of sp³-hybridized carbons (Fsp3) is 0.500. The van der Waals surface area contributed by atoms with Crippen LogP contribution in [0, 0.1) is 5.92 Å². The Morgan fingerprint density at radius 2 is 2.21 bits per heavy atom. The zero-order valence-electron chi connectivity index (χ0n) is 11.1. The van der Waals surface area contributed by atoms with Crippen LogP contribution in [-0.4, -0.2) is 26.2 Å². The molecule has 0 spiro atoms. The van der Waals surface area contributed by atoms with Crippen molar-refractivity contribution in [2.24, 2.45) is 5.92 Å². The van der Waals surface area contributed by atoms with E-state index in [4.69, 9.17) is 15.2 Å². The summed E-state index contributed by atoms with van der Waals surface area (Å²) in [5, 5.41) is 2.85. The average Bonchev–Trinajstić information content (AvgIpc) is 2.42. The normalized spacial score (nSPS) is 16.1. The number of carbonyl (C=O) groups excluding carboxylic acids is 1. The molecule has 0 saturated carbocycles. The van der Waals surface area contributed by atoms with Gasteiger partial charge in [-0.25, -0.2) is 0 Å².